The van der Waals surface area contributed by atoms with E-state index in [-0.39, 0.29) is 0 Å². The van der Waals surface area contributed by atoms with Crippen LogP contribution in [0.25, 0.3) is 78.7 Å². The molecular weight excluding hydrogens is 882 g/mol. The number of benzene rings is 5. The molecule has 6 heterocycles. The first-order valence-corrected chi connectivity index (χ1v) is 22.3. The topological polar surface area (TPSA) is 116 Å². The van der Waals surface area contributed by atoms with Crippen molar-refractivity contribution in [2.24, 2.45) is 5.16 Å². The van der Waals surface area contributed by atoms with Crippen LogP contribution in [0.1, 0.15) is 40.4 Å². The second-order valence-corrected chi connectivity index (χ2v) is 17.0. The monoisotopic (exact) mass is 921 g/mol. The molecule has 12 heteroatoms. The van der Waals surface area contributed by atoms with Crippen LogP contribution in [0.2, 0.25) is 10.0 Å². The lowest BCUT2D eigenvalue weighted by Gasteiger charge is -2.16. The second kappa shape index (κ2) is 17.2. The van der Waals surface area contributed by atoms with Gasteiger partial charge in [-0.1, -0.05) is 83.0 Å². The number of hydrogen-bond acceptors (Lipinski definition) is 8. The first-order chi connectivity index (χ1) is 32.8. The fourth-order valence-corrected chi connectivity index (χ4v) is 9.87. The smallest absolute Gasteiger partial charge is 0.184 e. The van der Waals surface area contributed by atoms with Crippen molar-refractivity contribution in [3.63, 3.8) is 0 Å². The molecule has 10 nitrogen and oxygen atoms in total. The summed E-state index contributed by atoms with van der Waals surface area (Å²) >= 11 is 14.1. The average molecular weight is 923 g/mol. The Morgan fingerprint density at radius 1 is 0.433 bits per heavy atom. The first-order valence-electron chi connectivity index (χ1n) is 21.6. The molecule has 2 atom stereocenters. The molecule has 3 aliphatic rings. The summed E-state index contributed by atoms with van der Waals surface area (Å²) in [6.45, 7) is 0. The third-order valence-electron chi connectivity index (χ3n) is 12.5. The zero-order valence-electron chi connectivity index (χ0n) is 36.7. The van der Waals surface area contributed by atoms with Gasteiger partial charge in [0.05, 0.1) is 67.2 Å². The quantitative estimate of drug-likeness (QED) is 0.148. The number of methoxy groups -OCH3 is 4. The van der Waals surface area contributed by atoms with Gasteiger partial charge in [0.2, 0.25) is 0 Å². The summed E-state index contributed by atoms with van der Waals surface area (Å²) in [4.78, 5) is 25.5. The van der Waals surface area contributed by atoms with E-state index in [1.54, 1.807) is 28.4 Å². The lowest BCUT2D eigenvalue weighted by Crippen LogP contribution is -2.14. The van der Waals surface area contributed by atoms with Gasteiger partial charge in [-0.05, 0) is 119 Å². The summed E-state index contributed by atoms with van der Waals surface area (Å²) < 4.78 is 22.5. The highest BCUT2D eigenvalue weighted by Gasteiger charge is 2.47. The van der Waals surface area contributed by atoms with Gasteiger partial charge in [-0.2, -0.15) is 0 Å². The SMILES string of the molecule is COc1ccc(-c2c3nc(c(-c4ccc(OC)cc4)c4ccc([nH]4)c(-c4ccc(OC)cc4)c4nc(c(-c5ccc(OC)cc5)c5ccc2[nH]5)C2ON=C(c5c(Cl)cccc5Cl)C42)C=C3)cc1. The Bertz CT molecular complexity index is 3430. The van der Waals surface area contributed by atoms with Gasteiger partial charge in [-0.3, -0.25) is 4.98 Å². The van der Waals surface area contributed by atoms with Gasteiger partial charge in [-0.15, -0.1) is 0 Å². The molecule has 0 amide bonds. The van der Waals surface area contributed by atoms with Gasteiger partial charge >= 0.3 is 0 Å². The van der Waals surface area contributed by atoms with Crippen LogP contribution in [0.15, 0.2) is 145 Å². The van der Waals surface area contributed by atoms with Gasteiger partial charge in [-0.25, -0.2) is 4.98 Å². The molecule has 67 heavy (non-hydrogen) atoms. The van der Waals surface area contributed by atoms with Crippen LogP contribution in [0, 0.1) is 0 Å². The average Bonchev–Trinajstić information content (AvgIpc) is 4.24. The molecule has 5 aromatic carbocycles. The van der Waals surface area contributed by atoms with Crippen molar-refractivity contribution < 1.29 is 23.8 Å². The van der Waals surface area contributed by atoms with Crippen LogP contribution in [-0.2, 0) is 4.84 Å². The summed E-state index contributed by atoms with van der Waals surface area (Å²) in [5, 5.41) is 5.73. The Labute approximate surface area is 396 Å². The highest BCUT2D eigenvalue weighted by atomic mass is 35.5. The predicted molar refractivity (Wildman–Crippen MR) is 267 cm³/mol. The van der Waals surface area contributed by atoms with Crippen LogP contribution in [0.3, 0.4) is 0 Å². The molecule has 8 bridgehead atoms. The van der Waals surface area contributed by atoms with Crippen LogP contribution in [0.5, 0.6) is 23.0 Å². The van der Waals surface area contributed by atoms with E-state index in [1.165, 1.54) is 0 Å². The lowest BCUT2D eigenvalue weighted by atomic mass is 9.85. The van der Waals surface area contributed by atoms with Crippen molar-refractivity contribution in [1.29, 1.82) is 0 Å². The summed E-state index contributed by atoms with van der Waals surface area (Å²) in [6, 6.07) is 45.8. The van der Waals surface area contributed by atoms with Crippen molar-refractivity contribution in [3.8, 4) is 67.5 Å². The maximum absolute atomic E-state index is 7.03. The Morgan fingerprint density at radius 3 is 1.21 bits per heavy atom. The summed E-state index contributed by atoms with van der Waals surface area (Å²) in [7, 11) is 6.64. The third kappa shape index (κ3) is 7.35. The summed E-state index contributed by atoms with van der Waals surface area (Å²) in [6.07, 6.45) is 3.45. The lowest BCUT2D eigenvalue weighted by molar-refractivity contribution is 0.0800. The summed E-state index contributed by atoms with van der Waals surface area (Å²) in [5.41, 5.74) is 14.4. The minimum absolute atomic E-state index is 0.449. The fourth-order valence-electron chi connectivity index (χ4n) is 9.28. The third-order valence-corrected chi connectivity index (χ3v) is 13.1. The molecule has 0 fully saturated rings. The van der Waals surface area contributed by atoms with E-state index in [4.69, 9.17) is 62.1 Å². The van der Waals surface area contributed by atoms with Gasteiger partial charge < -0.3 is 33.8 Å². The normalized spacial score (nSPS) is 14.9. The molecule has 0 radical (unpaired) electrons. The zero-order valence-corrected chi connectivity index (χ0v) is 38.2. The molecule has 0 saturated heterocycles. The number of nitrogens with one attached hydrogen (secondary N) is 2. The molecular formula is C55H41Cl2N5O5. The number of oxime groups is 1. The van der Waals surface area contributed by atoms with E-state index in [1.807, 2.05) is 91.0 Å². The fraction of sp³-hybridized carbons (Fsp3) is 0.109. The number of aromatic amines is 2. The van der Waals surface area contributed by atoms with E-state index < -0.39 is 12.0 Å². The maximum Gasteiger partial charge on any atom is 0.184 e. The van der Waals surface area contributed by atoms with E-state index >= 15 is 0 Å². The molecule has 330 valence electrons. The minimum Gasteiger partial charge on any atom is -0.497 e. The van der Waals surface area contributed by atoms with Crippen LogP contribution in [0.4, 0.5) is 0 Å². The zero-order chi connectivity index (χ0) is 45.8. The highest BCUT2D eigenvalue weighted by molar-refractivity contribution is 6.40. The molecule has 0 saturated carbocycles. The van der Waals surface area contributed by atoms with Crippen LogP contribution in [-0.4, -0.2) is 54.1 Å². The highest BCUT2D eigenvalue weighted by Crippen LogP contribution is 2.52. The molecule has 2 N–H and O–H groups in total. The number of hydrogen-bond donors (Lipinski definition) is 2. The van der Waals surface area contributed by atoms with E-state index in [9.17, 15) is 0 Å². The van der Waals surface area contributed by atoms with Gasteiger partial charge in [0.25, 0.3) is 0 Å². The first kappa shape index (κ1) is 41.9. The van der Waals surface area contributed by atoms with Crippen molar-refractivity contribution >= 4 is 63.1 Å². The number of aromatic nitrogens is 4. The molecule has 0 spiro atoms. The number of fused-ring (bicyclic) bond motifs is 11. The molecule has 3 aliphatic heterocycles. The van der Waals surface area contributed by atoms with Crippen molar-refractivity contribution in [1.82, 2.24) is 19.9 Å². The number of halogens is 2. The summed E-state index contributed by atoms with van der Waals surface area (Å²) in [5.74, 6) is 2.37. The van der Waals surface area contributed by atoms with Crippen molar-refractivity contribution in [3.05, 3.63) is 178 Å². The van der Waals surface area contributed by atoms with Gasteiger partial charge in [0, 0.05) is 49.9 Å². The second-order valence-electron chi connectivity index (χ2n) is 16.2. The molecule has 11 rings (SSSR count). The standard InChI is InChI=1S/C55H41Cl2N5O5/c1-63-34-16-8-30(9-17-34)46-40-24-25-41(58-40)47(31-10-18-35(64-2)19-11-31)43-27-29-45(60-43)49(33-14-22-37(66-4)23-15-33)54-55-51(53(62-67-55)50-38(56)6-5-7-39(50)57)52(61-54)48(44-28-26-42(46)59-44)32-12-20-36(65-3)21-13-32/h5-29,51,55,59-60H,1-4H3. The Balaban J connectivity index is 1.33. The van der Waals surface area contributed by atoms with E-state index in [0.717, 1.165) is 95.2 Å². The van der Waals surface area contributed by atoms with E-state index in [0.29, 0.717) is 38.5 Å². The Hall–Kier alpha value is -7.79. The van der Waals surface area contributed by atoms with Crippen LogP contribution < -0.4 is 18.9 Å². The van der Waals surface area contributed by atoms with Crippen molar-refractivity contribution in [2.45, 2.75) is 12.0 Å². The largest absolute Gasteiger partial charge is 0.497 e. The van der Waals surface area contributed by atoms with Crippen molar-refractivity contribution in [2.75, 3.05) is 28.4 Å². The van der Waals surface area contributed by atoms with Crippen LogP contribution >= 0.6 is 23.2 Å². The number of nitrogens with zero attached hydrogens (tertiary/aromatic N) is 3. The molecule has 2 unspecified atom stereocenters. The Morgan fingerprint density at radius 2 is 0.806 bits per heavy atom. The van der Waals surface area contributed by atoms with E-state index in [2.05, 4.69) is 70.7 Å². The maximum atomic E-state index is 7.03. The van der Waals surface area contributed by atoms with Gasteiger partial charge in [0.15, 0.2) is 6.10 Å². The Kier molecular flexibility index (Phi) is 10.8. The molecule has 8 aromatic rings. The number of H-pyrrole nitrogens is 2. The van der Waals surface area contributed by atoms with Gasteiger partial charge in [0.1, 0.15) is 28.7 Å². The molecule has 3 aromatic heterocycles. The number of ether oxygens (including phenoxy) is 4. The minimum atomic E-state index is -0.690. The molecule has 0 aliphatic carbocycles. The predicted octanol–water partition coefficient (Wildman–Crippen LogP) is 13.8. The number of rotatable bonds is 9.